The summed E-state index contributed by atoms with van der Waals surface area (Å²) in [6.45, 7) is 6.76. The zero-order valence-corrected chi connectivity index (χ0v) is 23.6. The third-order valence-electron chi connectivity index (χ3n) is 8.71. The van der Waals surface area contributed by atoms with E-state index in [4.69, 9.17) is 10.7 Å². The van der Waals surface area contributed by atoms with Gasteiger partial charge >= 0.3 is 0 Å². The molecule has 0 saturated carbocycles. The van der Waals surface area contributed by atoms with Crippen LogP contribution in [0.3, 0.4) is 0 Å². The van der Waals surface area contributed by atoms with Crippen LogP contribution in [0.1, 0.15) is 30.4 Å². The molecule has 11 nitrogen and oxygen atoms in total. The van der Waals surface area contributed by atoms with Crippen molar-refractivity contribution in [2.24, 2.45) is 0 Å². The number of rotatable bonds is 5. The first kappa shape index (κ1) is 25.8. The average molecular weight is 552 g/mol. The minimum absolute atomic E-state index is 0.169. The maximum Gasteiger partial charge on any atom is 0.241 e. The Kier molecular flexibility index (Phi) is 6.97. The molecule has 1 aliphatic carbocycles. The van der Waals surface area contributed by atoms with Gasteiger partial charge in [-0.1, -0.05) is 24.3 Å². The Hall–Kier alpha value is -4.09. The van der Waals surface area contributed by atoms with Crippen molar-refractivity contribution >= 4 is 23.4 Å². The lowest BCUT2D eigenvalue weighted by Gasteiger charge is -2.42. The first-order valence-electron chi connectivity index (χ1n) is 14.7. The normalized spacial score (nSPS) is 18.5. The second-order valence-corrected chi connectivity index (χ2v) is 11.4. The summed E-state index contributed by atoms with van der Waals surface area (Å²) < 4.78 is 1.62. The van der Waals surface area contributed by atoms with Gasteiger partial charge in [0, 0.05) is 50.9 Å². The minimum atomic E-state index is 0.169. The van der Waals surface area contributed by atoms with Gasteiger partial charge in [-0.05, 0) is 68.5 Å². The van der Waals surface area contributed by atoms with Crippen molar-refractivity contribution < 1.29 is 0 Å². The summed E-state index contributed by atoms with van der Waals surface area (Å²) in [5.74, 6) is 2.24. The van der Waals surface area contributed by atoms with E-state index in [0.717, 1.165) is 60.7 Å². The van der Waals surface area contributed by atoms with Gasteiger partial charge in [-0.15, -0.1) is 15.3 Å². The Morgan fingerprint density at radius 2 is 1.68 bits per heavy atom. The molecule has 1 aromatic carbocycles. The van der Waals surface area contributed by atoms with Gasteiger partial charge in [-0.25, -0.2) is 4.98 Å². The Morgan fingerprint density at radius 3 is 2.49 bits per heavy atom. The predicted octanol–water partition coefficient (Wildman–Crippen LogP) is 3.15. The third-order valence-corrected chi connectivity index (χ3v) is 8.71. The second-order valence-electron chi connectivity index (χ2n) is 11.4. The average Bonchev–Trinajstić information content (AvgIpc) is 3.27. The number of nitrogen functional groups attached to an aromatic ring is 1. The molecular weight excluding hydrogens is 514 g/mol. The molecule has 41 heavy (non-hydrogen) atoms. The molecule has 0 bridgehead atoms. The molecule has 11 heteroatoms. The van der Waals surface area contributed by atoms with E-state index in [1.807, 2.05) is 12.3 Å². The largest absolute Gasteiger partial charge is 0.366 e. The summed E-state index contributed by atoms with van der Waals surface area (Å²) in [4.78, 5) is 16.7. The number of fused-ring (bicyclic) bond motifs is 3. The number of piperazine rings is 1. The number of benzene rings is 1. The molecule has 0 atom stereocenters. The number of hydrogen-bond donors (Lipinski definition) is 2. The fourth-order valence-corrected chi connectivity index (χ4v) is 6.37. The van der Waals surface area contributed by atoms with Crippen LogP contribution in [0.15, 0.2) is 48.7 Å². The van der Waals surface area contributed by atoms with Crippen molar-refractivity contribution in [2.75, 3.05) is 62.3 Å². The maximum absolute atomic E-state index is 6.03. The molecule has 3 aromatic heterocycles. The van der Waals surface area contributed by atoms with Crippen LogP contribution in [0, 0.1) is 0 Å². The molecule has 5 heterocycles. The number of piperidine rings is 1. The van der Waals surface area contributed by atoms with Gasteiger partial charge in [0.15, 0.2) is 5.82 Å². The predicted molar refractivity (Wildman–Crippen MR) is 161 cm³/mol. The summed E-state index contributed by atoms with van der Waals surface area (Å²) in [6, 6.07) is 15.3. The lowest BCUT2D eigenvalue weighted by atomic mass is 10.0. The number of aryl methyl sites for hydroxylation is 2. The van der Waals surface area contributed by atoms with E-state index in [-0.39, 0.29) is 5.95 Å². The van der Waals surface area contributed by atoms with E-state index in [1.54, 1.807) is 4.68 Å². The molecular formula is C30H37N11. The minimum Gasteiger partial charge on any atom is -0.366 e. The topological polar surface area (TPSA) is 117 Å². The molecule has 0 amide bonds. The van der Waals surface area contributed by atoms with E-state index in [0.29, 0.717) is 17.8 Å². The SMILES string of the molecule is CN1CCN(C2CCN(c3ccc(Nc4nc(N)nn4-c4cc5c(nn4)-c4ccccc4CCC5)cn3)CC2)CC1. The van der Waals surface area contributed by atoms with Crippen LogP contribution in [0.4, 0.5) is 23.4 Å². The maximum atomic E-state index is 6.03. The van der Waals surface area contributed by atoms with Crippen molar-refractivity contribution in [1.29, 1.82) is 0 Å². The van der Waals surface area contributed by atoms with Gasteiger partial charge in [0.05, 0.1) is 17.6 Å². The second kappa shape index (κ2) is 11.1. The number of likely N-dealkylation sites (N-methyl/N-ethyl adjacent to an activating group) is 1. The summed E-state index contributed by atoms with van der Waals surface area (Å²) in [5, 5.41) is 16.9. The monoisotopic (exact) mass is 551 g/mol. The van der Waals surface area contributed by atoms with Gasteiger partial charge in [0.1, 0.15) is 5.82 Å². The third kappa shape index (κ3) is 5.34. The van der Waals surface area contributed by atoms with Gasteiger partial charge in [0.25, 0.3) is 0 Å². The number of nitrogens with two attached hydrogens (primary N) is 1. The highest BCUT2D eigenvalue weighted by Crippen LogP contribution is 2.31. The Morgan fingerprint density at radius 1 is 0.878 bits per heavy atom. The smallest absolute Gasteiger partial charge is 0.241 e. The van der Waals surface area contributed by atoms with Gasteiger partial charge in [-0.3, -0.25) is 4.90 Å². The molecule has 3 aliphatic rings. The molecule has 0 unspecified atom stereocenters. The standard InChI is InChI=1S/C30H37N11/c1-38-15-17-39(18-16-38)24-11-13-40(14-12-24)26-10-9-23(20-32-26)33-30-34-29(31)37-41(30)27-19-22-7-4-6-21-5-2-3-8-25(21)28(22)36-35-27/h2-3,5,8-10,19-20,24H,4,6-7,11-18H2,1H3,(H3,31,33,34,37). The van der Waals surface area contributed by atoms with Crippen LogP contribution in [0.5, 0.6) is 0 Å². The van der Waals surface area contributed by atoms with Crippen LogP contribution in [-0.2, 0) is 12.8 Å². The fraction of sp³-hybridized carbons (Fsp3) is 0.433. The fourth-order valence-electron chi connectivity index (χ4n) is 6.37. The highest BCUT2D eigenvalue weighted by molar-refractivity contribution is 5.68. The van der Waals surface area contributed by atoms with Crippen molar-refractivity contribution in [3.8, 4) is 17.1 Å². The zero-order valence-electron chi connectivity index (χ0n) is 23.6. The molecule has 7 rings (SSSR count). The number of pyridine rings is 1. The summed E-state index contributed by atoms with van der Waals surface area (Å²) in [6.07, 6.45) is 7.23. The van der Waals surface area contributed by atoms with Gasteiger partial charge < -0.3 is 20.9 Å². The highest BCUT2D eigenvalue weighted by Gasteiger charge is 2.27. The molecule has 3 N–H and O–H groups in total. The van der Waals surface area contributed by atoms with Crippen LogP contribution in [0.2, 0.25) is 0 Å². The summed E-state index contributed by atoms with van der Waals surface area (Å²) >= 11 is 0. The quantitative estimate of drug-likeness (QED) is 0.383. The number of aromatic nitrogens is 6. The Labute approximate surface area is 240 Å². The van der Waals surface area contributed by atoms with Gasteiger partial charge in [-0.2, -0.15) is 9.67 Å². The van der Waals surface area contributed by atoms with Crippen molar-refractivity contribution in [1.82, 2.24) is 39.7 Å². The summed E-state index contributed by atoms with van der Waals surface area (Å²) in [7, 11) is 2.21. The molecule has 2 saturated heterocycles. The number of anilines is 4. The Balaban J connectivity index is 1.04. The first-order chi connectivity index (χ1) is 20.1. The van der Waals surface area contributed by atoms with Crippen LogP contribution in [-0.4, -0.2) is 92.1 Å². The molecule has 0 radical (unpaired) electrons. The van der Waals surface area contributed by atoms with Crippen LogP contribution >= 0.6 is 0 Å². The van der Waals surface area contributed by atoms with E-state index in [9.17, 15) is 0 Å². The van der Waals surface area contributed by atoms with E-state index in [2.05, 4.69) is 83.7 Å². The molecule has 2 aliphatic heterocycles. The van der Waals surface area contributed by atoms with E-state index >= 15 is 0 Å². The van der Waals surface area contributed by atoms with Crippen LogP contribution in [0.25, 0.3) is 17.1 Å². The number of nitrogens with zero attached hydrogens (tertiary/aromatic N) is 9. The lowest BCUT2D eigenvalue weighted by Crippen LogP contribution is -2.52. The van der Waals surface area contributed by atoms with Gasteiger partial charge in [0.2, 0.25) is 11.9 Å². The molecule has 4 aromatic rings. The van der Waals surface area contributed by atoms with E-state index in [1.165, 1.54) is 44.6 Å². The van der Waals surface area contributed by atoms with Crippen molar-refractivity contribution in [3.63, 3.8) is 0 Å². The number of hydrogen-bond acceptors (Lipinski definition) is 10. The highest BCUT2D eigenvalue weighted by atomic mass is 15.5. The number of nitrogens with one attached hydrogen (secondary N) is 1. The van der Waals surface area contributed by atoms with Crippen molar-refractivity contribution in [3.05, 3.63) is 59.8 Å². The van der Waals surface area contributed by atoms with Crippen molar-refractivity contribution in [2.45, 2.75) is 38.1 Å². The Bertz CT molecular complexity index is 1500. The lowest BCUT2D eigenvalue weighted by molar-refractivity contribution is 0.0981. The zero-order chi connectivity index (χ0) is 27.8. The molecule has 2 fully saturated rings. The first-order valence-corrected chi connectivity index (χ1v) is 14.7. The summed E-state index contributed by atoms with van der Waals surface area (Å²) in [5.41, 5.74) is 11.4. The molecule has 0 spiro atoms. The van der Waals surface area contributed by atoms with E-state index < -0.39 is 0 Å². The molecule has 212 valence electrons. The van der Waals surface area contributed by atoms with Crippen LogP contribution < -0.4 is 16.0 Å².